The van der Waals surface area contributed by atoms with Crippen LogP contribution >= 0.6 is 0 Å². The smallest absolute Gasteiger partial charge is 0.119 e. The quantitative estimate of drug-likeness (QED) is 0.546. The molecule has 0 radical (unpaired) electrons. The van der Waals surface area contributed by atoms with Gasteiger partial charge in [-0.25, -0.2) is 0 Å². The van der Waals surface area contributed by atoms with Crippen LogP contribution in [0.4, 0.5) is 0 Å². The molecule has 0 heterocycles. The molecular weight excluding hydrogens is 370 g/mol. The van der Waals surface area contributed by atoms with E-state index in [9.17, 15) is 5.11 Å². The molecule has 0 saturated heterocycles. The van der Waals surface area contributed by atoms with E-state index in [4.69, 9.17) is 4.74 Å². The minimum atomic E-state index is -0.535. The number of ether oxygens (including phenoxy) is 1. The van der Waals surface area contributed by atoms with Gasteiger partial charge in [-0.3, -0.25) is 4.90 Å². The summed E-state index contributed by atoms with van der Waals surface area (Å²) in [5.74, 6) is 0.801. The summed E-state index contributed by atoms with van der Waals surface area (Å²) in [4.78, 5) is 2.45. The fourth-order valence-electron chi connectivity index (χ4n) is 4.39. The summed E-state index contributed by atoms with van der Waals surface area (Å²) in [5.41, 5.74) is 4.21. The van der Waals surface area contributed by atoms with Crippen molar-refractivity contribution in [2.45, 2.75) is 44.4 Å². The first-order valence-corrected chi connectivity index (χ1v) is 11.0. The fourth-order valence-corrected chi connectivity index (χ4v) is 4.39. The molecule has 1 aliphatic carbocycles. The monoisotopic (exact) mass is 401 g/mol. The van der Waals surface area contributed by atoms with Crippen molar-refractivity contribution in [1.82, 2.24) is 4.90 Å². The molecule has 0 bridgehead atoms. The van der Waals surface area contributed by atoms with Crippen LogP contribution in [-0.2, 0) is 19.4 Å². The van der Waals surface area contributed by atoms with E-state index in [1.54, 1.807) is 0 Å². The Morgan fingerprint density at radius 1 is 0.867 bits per heavy atom. The van der Waals surface area contributed by atoms with Crippen LogP contribution in [-0.4, -0.2) is 35.3 Å². The van der Waals surface area contributed by atoms with E-state index in [1.807, 2.05) is 30.3 Å². The molecule has 1 N–H and O–H groups in total. The first-order valence-electron chi connectivity index (χ1n) is 11.0. The maximum atomic E-state index is 10.8. The zero-order valence-corrected chi connectivity index (χ0v) is 17.5. The standard InChI is InChI=1S/C27H31NO2/c29-26(21-30-27-16-5-2-6-17-27)20-28(19-22-10-3-1-4-11-22)25-15-9-14-23-12-7-8-13-24(23)18-25/h1-8,10-13,16-17,25-26,29H,9,14-15,18-21H2. The van der Waals surface area contributed by atoms with Gasteiger partial charge in [-0.05, 0) is 54.5 Å². The Hall–Kier alpha value is -2.62. The third kappa shape index (κ3) is 5.71. The van der Waals surface area contributed by atoms with E-state index in [1.165, 1.54) is 23.1 Å². The number of aliphatic hydroxyl groups is 1. The van der Waals surface area contributed by atoms with Crippen LogP contribution in [0.3, 0.4) is 0 Å². The van der Waals surface area contributed by atoms with Gasteiger partial charge < -0.3 is 9.84 Å². The number of hydrogen-bond acceptors (Lipinski definition) is 3. The Morgan fingerprint density at radius 2 is 1.53 bits per heavy atom. The van der Waals surface area contributed by atoms with E-state index in [0.29, 0.717) is 19.2 Å². The van der Waals surface area contributed by atoms with Gasteiger partial charge in [-0.2, -0.15) is 0 Å². The van der Waals surface area contributed by atoms with Gasteiger partial charge in [0.1, 0.15) is 18.5 Å². The second kappa shape index (κ2) is 10.4. The van der Waals surface area contributed by atoms with Crippen molar-refractivity contribution >= 4 is 0 Å². The molecule has 0 saturated carbocycles. The van der Waals surface area contributed by atoms with E-state index in [-0.39, 0.29) is 0 Å². The van der Waals surface area contributed by atoms with Crippen LogP contribution in [0.25, 0.3) is 0 Å². The molecule has 1 aliphatic rings. The summed E-state index contributed by atoms with van der Waals surface area (Å²) in [6.45, 7) is 1.75. The normalized spacial score (nSPS) is 17.2. The van der Waals surface area contributed by atoms with Gasteiger partial charge in [0.15, 0.2) is 0 Å². The number of aryl methyl sites for hydroxylation is 1. The average Bonchev–Trinajstić information content (AvgIpc) is 3.01. The molecule has 3 nitrogen and oxygen atoms in total. The lowest BCUT2D eigenvalue weighted by molar-refractivity contribution is 0.0463. The summed E-state index contributed by atoms with van der Waals surface area (Å²) in [6.07, 6.45) is 3.98. The predicted molar refractivity (Wildman–Crippen MR) is 122 cm³/mol. The van der Waals surface area contributed by atoms with Crippen molar-refractivity contribution in [2.24, 2.45) is 0 Å². The molecule has 0 fully saturated rings. The molecular formula is C27H31NO2. The molecule has 2 unspecified atom stereocenters. The summed E-state index contributed by atoms with van der Waals surface area (Å²) in [7, 11) is 0. The third-order valence-corrected chi connectivity index (χ3v) is 5.93. The largest absolute Gasteiger partial charge is 0.491 e. The Labute approximate surface area is 179 Å². The highest BCUT2D eigenvalue weighted by molar-refractivity contribution is 5.29. The third-order valence-electron chi connectivity index (χ3n) is 5.93. The Morgan fingerprint density at radius 3 is 2.30 bits per heavy atom. The first-order chi connectivity index (χ1) is 14.8. The van der Waals surface area contributed by atoms with Gasteiger partial charge in [0.25, 0.3) is 0 Å². The number of hydrogen-bond donors (Lipinski definition) is 1. The number of fused-ring (bicyclic) bond motifs is 1. The van der Waals surface area contributed by atoms with E-state index >= 15 is 0 Å². The van der Waals surface area contributed by atoms with Crippen molar-refractivity contribution in [3.05, 3.63) is 102 Å². The first kappa shape index (κ1) is 20.6. The number of benzene rings is 3. The number of nitrogens with zero attached hydrogens (tertiary/aromatic N) is 1. The minimum Gasteiger partial charge on any atom is -0.491 e. The van der Waals surface area contributed by atoms with Crippen molar-refractivity contribution in [1.29, 1.82) is 0 Å². The molecule has 3 heteroatoms. The van der Waals surface area contributed by atoms with Gasteiger partial charge in [0, 0.05) is 19.1 Å². The van der Waals surface area contributed by atoms with Crippen molar-refractivity contribution in [2.75, 3.05) is 13.2 Å². The van der Waals surface area contributed by atoms with Crippen LogP contribution in [0.15, 0.2) is 84.9 Å². The SMILES string of the molecule is OC(COc1ccccc1)CN(Cc1ccccc1)C1CCCc2ccccc2C1. The molecule has 0 spiro atoms. The average molecular weight is 402 g/mol. The lowest BCUT2D eigenvalue weighted by Gasteiger charge is -2.33. The number of para-hydroxylation sites is 1. The van der Waals surface area contributed by atoms with Gasteiger partial charge in [0.2, 0.25) is 0 Å². The van der Waals surface area contributed by atoms with Crippen molar-refractivity contribution in [3.8, 4) is 5.75 Å². The summed E-state index contributed by atoms with van der Waals surface area (Å²) < 4.78 is 5.81. The van der Waals surface area contributed by atoms with Crippen LogP contribution in [0.2, 0.25) is 0 Å². The topological polar surface area (TPSA) is 32.7 Å². The van der Waals surface area contributed by atoms with Gasteiger partial charge >= 0.3 is 0 Å². The second-order valence-electron chi connectivity index (χ2n) is 8.21. The highest BCUT2D eigenvalue weighted by atomic mass is 16.5. The zero-order chi connectivity index (χ0) is 20.6. The molecule has 0 aromatic heterocycles. The maximum Gasteiger partial charge on any atom is 0.119 e. The minimum absolute atomic E-state index is 0.304. The van der Waals surface area contributed by atoms with Crippen LogP contribution in [0.1, 0.15) is 29.5 Å². The summed E-state index contributed by atoms with van der Waals surface area (Å²) >= 11 is 0. The summed E-state index contributed by atoms with van der Waals surface area (Å²) in [6, 6.07) is 29.5. The molecule has 0 aliphatic heterocycles. The highest BCUT2D eigenvalue weighted by Crippen LogP contribution is 2.25. The molecule has 2 atom stereocenters. The van der Waals surface area contributed by atoms with Crippen LogP contribution in [0.5, 0.6) is 5.75 Å². The van der Waals surface area contributed by atoms with Crippen LogP contribution < -0.4 is 4.74 Å². The Bertz CT molecular complexity index is 897. The number of rotatable bonds is 8. The Balaban J connectivity index is 1.46. The van der Waals surface area contributed by atoms with E-state index in [2.05, 4.69) is 59.5 Å². The molecule has 30 heavy (non-hydrogen) atoms. The summed E-state index contributed by atoms with van der Waals surface area (Å²) in [5, 5.41) is 10.8. The van der Waals surface area contributed by atoms with E-state index < -0.39 is 6.10 Å². The van der Waals surface area contributed by atoms with Gasteiger partial charge in [0.05, 0.1) is 0 Å². The highest BCUT2D eigenvalue weighted by Gasteiger charge is 2.25. The molecule has 4 rings (SSSR count). The van der Waals surface area contributed by atoms with Gasteiger partial charge in [-0.15, -0.1) is 0 Å². The molecule has 156 valence electrons. The molecule has 0 amide bonds. The Kier molecular flexibility index (Phi) is 7.17. The van der Waals surface area contributed by atoms with Crippen LogP contribution in [0, 0.1) is 0 Å². The van der Waals surface area contributed by atoms with Crippen molar-refractivity contribution < 1.29 is 9.84 Å². The molecule has 3 aromatic rings. The fraction of sp³-hybridized carbons (Fsp3) is 0.333. The lowest BCUT2D eigenvalue weighted by atomic mass is 10.0. The maximum absolute atomic E-state index is 10.8. The second-order valence-corrected chi connectivity index (χ2v) is 8.21. The number of aliphatic hydroxyl groups excluding tert-OH is 1. The zero-order valence-electron chi connectivity index (χ0n) is 17.5. The van der Waals surface area contributed by atoms with Crippen molar-refractivity contribution in [3.63, 3.8) is 0 Å². The van der Waals surface area contributed by atoms with Gasteiger partial charge in [-0.1, -0.05) is 72.8 Å². The van der Waals surface area contributed by atoms with E-state index in [0.717, 1.165) is 31.6 Å². The predicted octanol–water partition coefficient (Wildman–Crippen LogP) is 4.88. The lowest BCUT2D eigenvalue weighted by Crippen LogP contribution is -2.42. The molecule has 3 aromatic carbocycles.